The molecule has 1 nitrogen and oxygen atoms in total. The van der Waals surface area contributed by atoms with Crippen molar-refractivity contribution in [2.75, 3.05) is 0 Å². The summed E-state index contributed by atoms with van der Waals surface area (Å²) in [5.41, 5.74) is 6.24. The Bertz CT molecular complexity index is 153. The minimum absolute atomic E-state index is 0.415. The molecule has 1 rings (SSSR count). The van der Waals surface area contributed by atoms with Crippen LogP contribution in [-0.4, -0.2) is 6.04 Å². The Morgan fingerprint density at radius 3 is 2.31 bits per heavy atom. The average molecular weight is 183 g/mol. The van der Waals surface area contributed by atoms with Crippen molar-refractivity contribution >= 4 is 0 Å². The van der Waals surface area contributed by atoms with E-state index in [0.717, 1.165) is 17.8 Å². The fraction of sp³-hybridized carbons (Fsp3) is 1.00. The fourth-order valence-corrected chi connectivity index (χ4v) is 2.61. The van der Waals surface area contributed by atoms with E-state index in [-0.39, 0.29) is 0 Å². The standard InChI is InChI=1S/C12H25N/c1-8(2)12(13)11-7-9(3)5-6-10(11)4/h8-12H,5-7,13H2,1-4H3. The van der Waals surface area contributed by atoms with Gasteiger partial charge in [0.1, 0.15) is 0 Å². The minimum atomic E-state index is 0.415. The molecule has 0 bridgehead atoms. The lowest BCUT2D eigenvalue weighted by atomic mass is 9.70. The smallest absolute Gasteiger partial charge is 0.00930 e. The first kappa shape index (κ1) is 11.0. The summed E-state index contributed by atoms with van der Waals surface area (Å²) in [7, 11) is 0. The van der Waals surface area contributed by atoms with Crippen molar-refractivity contribution in [2.45, 2.75) is 53.0 Å². The van der Waals surface area contributed by atoms with E-state index < -0.39 is 0 Å². The zero-order valence-corrected chi connectivity index (χ0v) is 9.59. The van der Waals surface area contributed by atoms with Crippen LogP contribution in [0, 0.1) is 23.7 Å². The topological polar surface area (TPSA) is 26.0 Å². The Hall–Kier alpha value is -0.0400. The lowest BCUT2D eigenvalue weighted by Crippen LogP contribution is -2.41. The first-order chi connectivity index (χ1) is 6.02. The van der Waals surface area contributed by atoms with Crippen LogP contribution in [-0.2, 0) is 0 Å². The molecule has 4 unspecified atom stereocenters. The second kappa shape index (κ2) is 4.45. The van der Waals surface area contributed by atoms with E-state index >= 15 is 0 Å². The third-order valence-electron chi connectivity index (χ3n) is 3.78. The maximum absolute atomic E-state index is 6.24. The van der Waals surface area contributed by atoms with Crippen LogP contribution in [0.25, 0.3) is 0 Å². The molecule has 1 saturated carbocycles. The largest absolute Gasteiger partial charge is 0.327 e. The van der Waals surface area contributed by atoms with Gasteiger partial charge in [0.2, 0.25) is 0 Å². The predicted molar refractivity (Wildman–Crippen MR) is 58.5 cm³/mol. The van der Waals surface area contributed by atoms with Gasteiger partial charge in [0, 0.05) is 6.04 Å². The highest BCUT2D eigenvalue weighted by Crippen LogP contribution is 2.36. The van der Waals surface area contributed by atoms with E-state index in [1.807, 2.05) is 0 Å². The summed E-state index contributed by atoms with van der Waals surface area (Å²) < 4.78 is 0. The van der Waals surface area contributed by atoms with Crippen LogP contribution in [0.4, 0.5) is 0 Å². The number of nitrogens with two attached hydrogens (primary N) is 1. The Kier molecular flexibility index (Phi) is 3.78. The van der Waals surface area contributed by atoms with Gasteiger partial charge in [-0.05, 0) is 30.1 Å². The molecule has 0 radical (unpaired) electrons. The van der Waals surface area contributed by atoms with E-state index in [0.29, 0.717) is 12.0 Å². The first-order valence-corrected chi connectivity index (χ1v) is 5.78. The van der Waals surface area contributed by atoms with E-state index in [2.05, 4.69) is 27.7 Å². The molecule has 0 saturated heterocycles. The summed E-state index contributed by atoms with van der Waals surface area (Å²) in [5.74, 6) is 3.14. The molecule has 1 aliphatic carbocycles. The molecule has 0 spiro atoms. The van der Waals surface area contributed by atoms with Gasteiger partial charge >= 0.3 is 0 Å². The molecule has 0 aliphatic heterocycles. The van der Waals surface area contributed by atoms with Gasteiger partial charge in [-0.1, -0.05) is 40.5 Å². The number of hydrogen-bond acceptors (Lipinski definition) is 1. The maximum atomic E-state index is 6.24. The highest BCUT2D eigenvalue weighted by atomic mass is 14.7. The second-order valence-corrected chi connectivity index (χ2v) is 5.38. The van der Waals surface area contributed by atoms with Crippen LogP contribution in [0.15, 0.2) is 0 Å². The zero-order valence-electron chi connectivity index (χ0n) is 9.59. The van der Waals surface area contributed by atoms with Gasteiger partial charge in [0.15, 0.2) is 0 Å². The van der Waals surface area contributed by atoms with Crippen molar-refractivity contribution in [3.05, 3.63) is 0 Å². The Morgan fingerprint density at radius 1 is 1.15 bits per heavy atom. The molecule has 13 heavy (non-hydrogen) atoms. The van der Waals surface area contributed by atoms with E-state index in [4.69, 9.17) is 5.73 Å². The fourth-order valence-electron chi connectivity index (χ4n) is 2.61. The van der Waals surface area contributed by atoms with Gasteiger partial charge in [-0.25, -0.2) is 0 Å². The van der Waals surface area contributed by atoms with Crippen LogP contribution in [0.3, 0.4) is 0 Å². The molecule has 1 heteroatoms. The SMILES string of the molecule is CC1CCC(C)C(C(N)C(C)C)C1. The van der Waals surface area contributed by atoms with E-state index in [1.54, 1.807) is 0 Å². The molecule has 0 amide bonds. The normalized spacial score (nSPS) is 37.8. The highest BCUT2D eigenvalue weighted by molar-refractivity contribution is 4.84. The summed E-state index contributed by atoms with van der Waals surface area (Å²) in [5, 5.41) is 0. The molecule has 78 valence electrons. The third-order valence-corrected chi connectivity index (χ3v) is 3.78. The van der Waals surface area contributed by atoms with Gasteiger partial charge in [0.25, 0.3) is 0 Å². The Balaban J connectivity index is 2.54. The van der Waals surface area contributed by atoms with Crippen LogP contribution >= 0.6 is 0 Å². The molecule has 0 heterocycles. The van der Waals surface area contributed by atoms with Gasteiger partial charge in [-0.15, -0.1) is 0 Å². The summed E-state index contributed by atoms with van der Waals surface area (Å²) in [6.45, 7) is 9.23. The summed E-state index contributed by atoms with van der Waals surface area (Å²) >= 11 is 0. The van der Waals surface area contributed by atoms with Crippen molar-refractivity contribution < 1.29 is 0 Å². The molecule has 2 N–H and O–H groups in total. The minimum Gasteiger partial charge on any atom is -0.327 e. The second-order valence-electron chi connectivity index (χ2n) is 5.38. The van der Waals surface area contributed by atoms with Crippen LogP contribution < -0.4 is 5.73 Å². The molecular formula is C12H25N. The Morgan fingerprint density at radius 2 is 1.77 bits per heavy atom. The first-order valence-electron chi connectivity index (χ1n) is 5.78. The molecule has 1 aliphatic rings. The maximum Gasteiger partial charge on any atom is 0.00930 e. The number of rotatable bonds is 2. The lowest BCUT2D eigenvalue weighted by Gasteiger charge is -2.38. The van der Waals surface area contributed by atoms with Gasteiger partial charge in [-0.2, -0.15) is 0 Å². The van der Waals surface area contributed by atoms with Crippen LogP contribution in [0.5, 0.6) is 0 Å². The quantitative estimate of drug-likeness (QED) is 0.699. The van der Waals surface area contributed by atoms with Crippen molar-refractivity contribution in [2.24, 2.45) is 29.4 Å². The molecule has 1 fully saturated rings. The number of hydrogen-bond donors (Lipinski definition) is 1. The average Bonchev–Trinajstić information content (AvgIpc) is 2.08. The highest BCUT2D eigenvalue weighted by Gasteiger charge is 2.31. The van der Waals surface area contributed by atoms with Gasteiger partial charge < -0.3 is 5.73 Å². The molecular weight excluding hydrogens is 158 g/mol. The summed E-state index contributed by atoms with van der Waals surface area (Å²) in [6, 6.07) is 0.415. The monoisotopic (exact) mass is 183 g/mol. The molecule has 0 aromatic heterocycles. The molecule has 0 aromatic carbocycles. The molecule has 0 aromatic rings. The third kappa shape index (κ3) is 2.70. The summed E-state index contributed by atoms with van der Waals surface area (Å²) in [4.78, 5) is 0. The van der Waals surface area contributed by atoms with Crippen LogP contribution in [0.1, 0.15) is 47.0 Å². The van der Waals surface area contributed by atoms with Gasteiger partial charge in [-0.3, -0.25) is 0 Å². The van der Waals surface area contributed by atoms with Crippen LogP contribution in [0.2, 0.25) is 0 Å². The Labute approximate surface area is 83.1 Å². The lowest BCUT2D eigenvalue weighted by molar-refractivity contribution is 0.153. The summed E-state index contributed by atoms with van der Waals surface area (Å²) in [6.07, 6.45) is 4.13. The van der Waals surface area contributed by atoms with Crippen molar-refractivity contribution in [3.8, 4) is 0 Å². The van der Waals surface area contributed by atoms with E-state index in [1.165, 1.54) is 19.3 Å². The molecule has 4 atom stereocenters. The zero-order chi connectivity index (χ0) is 10.0. The van der Waals surface area contributed by atoms with Crippen molar-refractivity contribution in [1.29, 1.82) is 0 Å². The van der Waals surface area contributed by atoms with Crippen molar-refractivity contribution in [1.82, 2.24) is 0 Å². The van der Waals surface area contributed by atoms with E-state index in [9.17, 15) is 0 Å². The predicted octanol–water partition coefficient (Wildman–Crippen LogP) is 3.04. The van der Waals surface area contributed by atoms with Gasteiger partial charge in [0.05, 0.1) is 0 Å². The van der Waals surface area contributed by atoms with Crippen molar-refractivity contribution in [3.63, 3.8) is 0 Å².